The summed E-state index contributed by atoms with van der Waals surface area (Å²) in [4.78, 5) is 14.5. The van der Waals surface area contributed by atoms with Crippen molar-refractivity contribution in [1.82, 2.24) is 4.90 Å². The number of Topliss-reactive ketones (excluding diaryl/α,β-unsaturated/α-hetero) is 1. The first kappa shape index (κ1) is 16.9. The molecule has 1 aliphatic heterocycles. The first-order valence-corrected chi connectivity index (χ1v) is 8.15. The van der Waals surface area contributed by atoms with Gasteiger partial charge in [-0.15, -0.1) is 0 Å². The number of nitriles is 1. The van der Waals surface area contributed by atoms with E-state index in [0.717, 1.165) is 24.1 Å². The zero-order valence-corrected chi connectivity index (χ0v) is 14.6. The molecule has 2 aliphatic rings. The Morgan fingerprint density at radius 2 is 2.04 bits per heavy atom. The van der Waals surface area contributed by atoms with Gasteiger partial charge in [0.15, 0.2) is 5.78 Å². The van der Waals surface area contributed by atoms with E-state index in [1.807, 2.05) is 6.07 Å². The van der Waals surface area contributed by atoms with Gasteiger partial charge in [-0.25, -0.2) is 0 Å². The van der Waals surface area contributed by atoms with Crippen molar-refractivity contribution in [3.8, 4) is 17.6 Å². The number of allylic oxidation sites excluding steroid dienone is 3. The molecule has 3 rings (SSSR count). The molecule has 0 aromatic heterocycles. The predicted molar refractivity (Wildman–Crippen MR) is 92.8 cm³/mol. The molecular weight excluding hydrogens is 318 g/mol. The maximum absolute atomic E-state index is 12.8. The summed E-state index contributed by atoms with van der Waals surface area (Å²) in [6, 6.07) is 7.59. The maximum Gasteiger partial charge on any atom is 0.161 e. The third-order valence-corrected chi connectivity index (χ3v) is 4.92. The standard InChI is InChI=1S/C19H21N3O3/c1-22-14-5-4-6-15(23)18(14)17(13(10-20)19(22)21)12-9-11(24-2)7-8-16(12)25-3/h7-9,17H,4-6,21H2,1-3H3/t17-/m1/s1. The van der Waals surface area contributed by atoms with Crippen LogP contribution in [-0.2, 0) is 4.79 Å². The molecule has 0 spiro atoms. The molecule has 1 heterocycles. The van der Waals surface area contributed by atoms with Crippen LogP contribution in [0.5, 0.6) is 11.5 Å². The molecule has 1 aromatic carbocycles. The molecule has 0 bridgehead atoms. The minimum atomic E-state index is -0.533. The Hall–Kier alpha value is -2.94. The van der Waals surface area contributed by atoms with Crippen LogP contribution in [-0.4, -0.2) is 32.0 Å². The van der Waals surface area contributed by atoms with Crippen LogP contribution in [0.25, 0.3) is 0 Å². The van der Waals surface area contributed by atoms with Crippen molar-refractivity contribution < 1.29 is 14.3 Å². The molecule has 1 atom stereocenters. The van der Waals surface area contributed by atoms with Gasteiger partial charge in [0.25, 0.3) is 0 Å². The zero-order valence-electron chi connectivity index (χ0n) is 14.6. The van der Waals surface area contributed by atoms with Crippen molar-refractivity contribution in [2.45, 2.75) is 25.2 Å². The molecule has 130 valence electrons. The minimum Gasteiger partial charge on any atom is -0.497 e. The Morgan fingerprint density at radius 1 is 1.28 bits per heavy atom. The lowest BCUT2D eigenvalue weighted by atomic mass is 9.75. The van der Waals surface area contributed by atoms with E-state index in [4.69, 9.17) is 15.2 Å². The molecule has 6 heteroatoms. The van der Waals surface area contributed by atoms with Crippen LogP contribution in [0.4, 0.5) is 0 Å². The Morgan fingerprint density at radius 3 is 2.68 bits per heavy atom. The number of ether oxygens (including phenoxy) is 2. The molecule has 1 aromatic rings. The summed E-state index contributed by atoms with van der Waals surface area (Å²) in [7, 11) is 4.95. The third-order valence-electron chi connectivity index (χ3n) is 4.92. The first-order chi connectivity index (χ1) is 12.0. The molecule has 0 fully saturated rings. The van der Waals surface area contributed by atoms with E-state index in [2.05, 4.69) is 6.07 Å². The van der Waals surface area contributed by atoms with Gasteiger partial charge in [-0.3, -0.25) is 4.79 Å². The fraction of sp³-hybridized carbons (Fsp3) is 0.368. The summed E-state index contributed by atoms with van der Waals surface area (Å²) in [6.45, 7) is 0. The van der Waals surface area contributed by atoms with E-state index in [1.165, 1.54) is 0 Å². The molecule has 0 amide bonds. The Balaban J connectivity index is 2.29. The van der Waals surface area contributed by atoms with Crippen molar-refractivity contribution >= 4 is 5.78 Å². The number of carbonyl (C=O) groups excluding carboxylic acids is 1. The van der Waals surface area contributed by atoms with Gasteiger partial charge < -0.3 is 20.1 Å². The highest BCUT2D eigenvalue weighted by molar-refractivity contribution is 6.00. The topological polar surface area (TPSA) is 88.6 Å². The highest BCUT2D eigenvalue weighted by Crippen LogP contribution is 2.47. The number of rotatable bonds is 3. The van der Waals surface area contributed by atoms with E-state index in [9.17, 15) is 10.1 Å². The summed E-state index contributed by atoms with van der Waals surface area (Å²) >= 11 is 0. The largest absolute Gasteiger partial charge is 0.497 e. The summed E-state index contributed by atoms with van der Waals surface area (Å²) in [5.74, 6) is 1.14. The average Bonchev–Trinajstić information content (AvgIpc) is 2.64. The first-order valence-electron chi connectivity index (χ1n) is 8.15. The van der Waals surface area contributed by atoms with Gasteiger partial charge in [0.05, 0.1) is 31.8 Å². The van der Waals surface area contributed by atoms with E-state index < -0.39 is 5.92 Å². The zero-order chi connectivity index (χ0) is 18.1. The minimum absolute atomic E-state index is 0.0585. The lowest BCUT2D eigenvalue weighted by Gasteiger charge is -2.38. The van der Waals surface area contributed by atoms with Crippen LogP contribution in [0, 0.1) is 11.3 Å². The molecule has 1 aliphatic carbocycles. The SMILES string of the molecule is COc1ccc(OC)c([C@@H]2C(C#N)=C(N)N(C)C3=C2C(=O)CCC3)c1. The molecule has 0 radical (unpaired) electrons. The molecule has 2 N–H and O–H groups in total. The third kappa shape index (κ3) is 2.62. The van der Waals surface area contributed by atoms with Crippen molar-refractivity contribution in [3.63, 3.8) is 0 Å². The van der Waals surface area contributed by atoms with Gasteiger partial charge >= 0.3 is 0 Å². The van der Waals surface area contributed by atoms with E-state index in [0.29, 0.717) is 34.9 Å². The number of methoxy groups -OCH3 is 2. The number of hydrogen-bond acceptors (Lipinski definition) is 6. The van der Waals surface area contributed by atoms with E-state index in [-0.39, 0.29) is 5.78 Å². The van der Waals surface area contributed by atoms with Crippen molar-refractivity contribution in [1.29, 1.82) is 5.26 Å². The lowest BCUT2D eigenvalue weighted by molar-refractivity contribution is -0.116. The summed E-state index contributed by atoms with van der Waals surface area (Å²) < 4.78 is 10.8. The van der Waals surface area contributed by atoms with Crippen LogP contribution >= 0.6 is 0 Å². The van der Waals surface area contributed by atoms with Gasteiger partial charge in [0.2, 0.25) is 0 Å². The molecule has 6 nitrogen and oxygen atoms in total. The average molecular weight is 339 g/mol. The van der Waals surface area contributed by atoms with E-state index >= 15 is 0 Å². The molecule has 0 saturated heterocycles. The van der Waals surface area contributed by atoms with Crippen molar-refractivity contribution in [2.24, 2.45) is 5.73 Å². The normalized spacial score (nSPS) is 20.3. The lowest BCUT2D eigenvalue weighted by Crippen LogP contribution is -2.36. The van der Waals surface area contributed by atoms with Crippen LogP contribution < -0.4 is 15.2 Å². The number of nitrogens with zero attached hydrogens (tertiary/aromatic N) is 2. The number of benzene rings is 1. The van der Waals surface area contributed by atoms with Crippen LogP contribution in [0.1, 0.15) is 30.7 Å². The van der Waals surface area contributed by atoms with Gasteiger partial charge in [-0.2, -0.15) is 5.26 Å². The van der Waals surface area contributed by atoms with Crippen molar-refractivity contribution in [3.05, 3.63) is 46.4 Å². The second-order valence-corrected chi connectivity index (χ2v) is 6.15. The molecular formula is C19H21N3O3. The quantitative estimate of drug-likeness (QED) is 0.910. The molecule has 25 heavy (non-hydrogen) atoms. The number of ketones is 1. The monoisotopic (exact) mass is 339 g/mol. The highest BCUT2D eigenvalue weighted by atomic mass is 16.5. The highest BCUT2D eigenvalue weighted by Gasteiger charge is 2.39. The van der Waals surface area contributed by atoms with E-state index in [1.54, 1.807) is 38.3 Å². The summed E-state index contributed by atoms with van der Waals surface area (Å²) in [6.07, 6.45) is 2.03. The van der Waals surface area contributed by atoms with Crippen LogP contribution in [0.15, 0.2) is 40.9 Å². The number of hydrogen-bond donors (Lipinski definition) is 1. The second kappa shape index (κ2) is 6.52. The van der Waals surface area contributed by atoms with Gasteiger partial charge in [0, 0.05) is 30.3 Å². The maximum atomic E-state index is 12.8. The van der Waals surface area contributed by atoms with Gasteiger partial charge in [-0.05, 0) is 31.0 Å². The van der Waals surface area contributed by atoms with Crippen molar-refractivity contribution in [2.75, 3.05) is 21.3 Å². The van der Waals surface area contributed by atoms with Crippen LogP contribution in [0.3, 0.4) is 0 Å². The second-order valence-electron chi connectivity index (χ2n) is 6.15. The molecule has 0 unspecified atom stereocenters. The Bertz CT molecular complexity index is 833. The van der Waals surface area contributed by atoms with Gasteiger partial charge in [-0.1, -0.05) is 0 Å². The molecule has 0 saturated carbocycles. The van der Waals surface area contributed by atoms with Gasteiger partial charge in [0.1, 0.15) is 17.3 Å². The predicted octanol–water partition coefficient (Wildman–Crippen LogP) is 2.43. The smallest absolute Gasteiger partial charge is 0.161 e. The number of carbonyl (C=O) groups is 1. The number of nitrogens with two attached hydrogens (primary N) is 1. The Labute approximate surface area is 147 Å². The summed E-state index contributed by atoms with van der Waals surface area (Å²) in [5.41, 5.74) is 8.86. The van der Waals surface area contributed by atoms with Crippen LogP contribution in [0.2, 0.25) is 0 Å². The fourth-order valence-electron chi connectivity index (χ4n) is 3.64. The Kier molecular flexibility index (Phi) is 4.41. The fourth-order valence-corrected chi connectivity index (χ4v) is 3.64. The summed E-state index contributed by atoms with van der Waals surface area (Å²) in [5, 5.41) is 9.76.